The van der Waals surface area contributed by atoms with E-state index in [1.54, 1.807) is 30.4 Å². The van der Waals surface area contributed by atoms with E-state index in [1.165, 1.54) is 45.2 Å². The van der Waals surface area contributed by atoms with Gasteiger partial charge in [0.2, 0.25) is 11.8 Å². The van der Waals surface area contributed by atoms with Crippen molar-refractivity contribution in [3.05, 3.63) is 96.6 Å². The Morgan fingerprint density at radius 1 is 1.00 bits per heavy atom. The predicted molar refractivity (Wildman–Crippen MR) is 172 cm³/mol. The number of nitro benzene ring substituents is 2. The number of phenolic OH excluding ortho intramolecular Hbond substituents is 1. The SMILES string of the molecule is COc1cc(C=C[C@H]2C3=CC[C@@H]4C(=O)N(c5cc([N+](=O)[O-])c(N(C)C)c([N+](=O)[O-])c5)C(=O)[C@@H]4[C@@H]3CC3=C2C(=O)C=C(C)C3=O)ccc1O. The lowest BCUT2D eigenvalue weighted by atomic mass is 9.60. The molecule has 6 rings (SSSR count). The van der Waals surface area contributed by atoms with Crippen LogP contribution < -0.4 is 14.5 Å². The van der Waals surface area contributed by atoms with Gasteiger partial charge in [-0.1, -0.05) is 29.9 Å². The maximum Gasteiger partial charge on any atom is 0.301 e. The molecule has 0 bridgehead atoms. The molecule has 1 aliphatic heterocycles. The predicted octanol–water partition coefficient (Wildman–Crippen LogP) is 4.46. The van der Waals surface area contributed by atoms with Gasteiger partial charge in [0, 0.05) is 48.9 Å². The molecule has 2 aromatic rings. The lowest BCUT2D eigenvalue weighted by Crippen LogP contribution is -2.40. The summed E-state index contributed by atoms with van der Waals surface area (Å²) in [5.74, 6) is -5.14. The summed E-state index contributed by atoms with van der Waals surface area (Å²) in [5.41, 5.74) is 0.230. The molecule has 1 N–H and O–H groups in total. The monoisotopic (exact) mass is 654 g/mol. The van der Waals surface area contributed by atoms with E-state index in [1.807, 2.05) is 0 Å². The quantitative estimate of drug-likeness (QED) is 0.146. The van der Waals surface area contributed by atoms with Crippen LogP contribution in [-0.2, 0) is 19.2 Å². The summed E-state index contributed by atoms with van der Waals surface area (Å²) in [6.07, 6.45) is 6.68. The van der Waals surface area contributed by atoms with Gasteiger partial charge in [0.25, 0.3) is 0 Å². The highest BCUT2D eigenvalue weighted by molar-refractivity contribution is 6.25. The molecule has 2 aromatic carbocycles. The molecule has 1 saturated heterocycles. The zero-order chi connectivity index (χ0) is 34.8. The molecule has 3 aliphatic carbocycles. The summed E-state index contributed by atoms with van der Waals surface area (Å²) < 4.78 is 5.20. The zero-order valence-corrected chi connectivity index (χ0v) is 26.3. The molecular formula is C34H30N4O10. The van der Waals surface area contributed by atoms with Crippen LogP contribution in [0.2, 0.25) is 0 Å². The Bertz CT molecular complexity index is 1950. The molecular weight excluding hydrogens is 624 g/mol. The smallest absolute Gasteiger partial charge is 0.301 e. The number of methoxy groups -OCH3 is 1. The van der Waals surface area contributed by atoms with Crippen molar-refractivity contribution in [1.82, 2.24) is 0 Å². The molecule has 246 valence electrons. The fourth-order valence-corrected chi connectivity index (χ4v) is 7.37. The molecule has 14 heteroatoms. The highest BCUT2D eigenvalue weighted by Gasteiger charge is 2.56. The van der Waals surface area contributed by atoms with Crippen LogP contribution in [0.1, 0.15) is 25.3 Å². The number of fused-ring (bicyclic) bond motifs is 3. The standard InChI is InChI=1S/C34H30N4O10/c1-16-11-27(40)29-20(7-5-17-6-10-26(39)28(12-17)48-4)19-8-9-21-30(22(19)15-23(29)32(16)41)34(43)36(33(21)42)18-13-24(37(44)45)31(35(2)3)25(14-18)38(46)47/h5-8,10-14,20-22,30,39H,9,15H2,1-4H3/t20-,21-,22+,30-/m0/s1. The number of ether oxygens (including phenoxy) is 1. The summed E-state index contributed by atoms with van der Waals surface area (Å²) in [4.78, 5) is 79.4. The Hall–Kier alpha value is -5.92. The van der Waals surface area contributed by atoms with Crippen LogP contribution in [0.15, 0.2) is 70.9 Å². The summed E-state index contributed by atoms with van der Waals surface area (Å²) in [7, 11) is 4.23. The molecule has 4 atom stereocenters. The minimum atomic E-state index is -0.989. The summed E-state index contributed by atoms with van der Waals surface area (Å²) in [6.45, 7) is 1.54. The van der Waals surface area contributed by atoms with Crippen molar-refractivity contribution >= 4 is 52.2 Å². The molecule has 0 spiro atoms. The van der Waals surface area contributed by atoms with Gasteiger partial charge in [-0.15, -0.1) is 0 Å². The number of ketones is 2. The lowest BCUT2D eigenvalue weighted by molar-refractivity contribution is -0.392. The van der Waals surface area contributed by atoms with Gasteiger partial charge >= 0.3 is 11.4 Å². The first-order valence-corrected chi connectivity index (χ1v) is 15.0. The number of Topliss-reactive ketones (excluding diaryl/α,β-unsaturated/α-hetero) is 1. The minimum absolute atomic E-state index is 0.0161. The Kier molecular flexibility index (Phi) is 7.81. The molecule has 0 aromatic heterocycles. The van der Waals surface area contributed by atoms with Crippen LogP contribution >= 0.6 is 0 Å². The number of imide groups is 1. The molecule has 0 unspecified atom stereocenters. The van der Waals surface area contributed by atoms with Crippen molar-refractivity contribution in [1.29, 1.82) is 0 Å². The molecule has 1 fully saturated rings. The third kappa shape index (κ3) is 4.96. The van der Waals surface area contributed by atoms with E-state index in [-0.39, 0.29) is 64.0 Å². The highest BCUT2D eigenvalue weighted by atomic mass is 16.6. The molecule has 1 heterocycles. The highest BCUT2D eigenvalue weighted by Crippen LogP contribution is 2.54. The van der Waals surface area contributed by atoms with Gasteiger partial charge in [0.05, 0.1) is 34.5 Å². The van der Waals surface area contributed by atoms with Gasteiger partial charge in [-0.3, -0.25) is 39.4 Å². The van der Waals surface area contributed by atoms with Gasteiger partial charge in [-0.2, -0.15) is 0 Å². The third-order valence-electron chi connectivity index (χ3n) is 9.45. The number of carbonyl (C=O) groups is 4. The third-order valence-corrected chi connectivity index (χ3v) is 9.45. The fraction of sp³-hybridized carbons (Fsp3) is 0.294. The molecule has 0 saturated carbocycles. The van der Waals surface area contributed by atoms with E-state index >= 15 is 0 Å². The number of aromatic hydroxyl groups is 1. The maximum atomic E-state index is 14.2. The largest absolute Gasteiger partial charge is 0.504 e. The number of carbonyl (C=O) groups excluding carboxylic acids is 4. The number of nitrogens with zero attached hydrogens (tertiary/aromatic N) is 4. The number of rotatable bonds is 7. The fourth-order valence-electron chi connectivity index (χ4n) is 7.37. The first-order chi connectivity index (χ1) is 22.7. The molecule has 4 aliphatic rings. The number of amides is 2. The first kappa shape index (κ1) is 32.0. The van der Waals surface area contributed by atoms with Gasteiger partial charge in [-0.05, 0) is 49.5 Å². The van der Waals surface area contributed by atoms with Crippen molar-refractivity contribution in [2.45, 2.75) is 19.8 Å². The average molecular weight is 655 g/mol. The Morgan fingerprint density at radius 2 is 1.67 bits per heavy atom. The van der Waals surface area contributed by atoms with E-state index in [2.05, 4.69) is 0 Å². The number of anilines is 2. The number of phenols is 1. The molecule has 2 amide bonds. The van der Waals surface area contributed by atoms with E-state index in [0.29, 0.717) is 11.1 Å². The Morgan fingerprint density at radius 3 is 2.27 bits per heavy atom. The van der Waals surface area contributed by atoms with E-state index in [9.17, 15) is 44.5 Å². The summed E-state index contributed by atoms with van der Waals surface area (Å²) in [6, 6.07) is 6.67. The molecule has 0 radical (unpaired) electrons. The first-order valence-electron chi connectivity index (χ1n) is 15.0. The second-order valence-electron chi connectivity index (χ2n) is 12.3. The van der Waals surface area contributed by atoms with Gasteiger partial charge in [0.15, 0.2) is 28.8 Å². The number of hydrogen-bond acceptors (Lipinski definition) is 11. The average Bonchev–Trinajstić information content (AvgIpc) is 3.30. The van der Waals surface area contributed by atoms with Crippen LogP contribution in [0, 0.1) is 43.9 Å². The van der Waals surface area contributed by atoms with Gasteiger partial charge in [-0.25, -0.2) is 4.90 Å². The maximum absolute atomic E-state index is 14.2. The van der Waals surface area contributed by atoms with Crippen molar-refractivity contribution in [3.63, 3.8) is 0 Å². The van der Waals surface area contributed by atoms with Crippen LogP contribution in [0.4, 0.5) is 22.7 Å². The van der Waals surface area contributed by atoms with Gasteiger partial charge < -0.3 is 14.7 Å². The van der Waals surface area contributed by atoms with Crippen molar-refractivity contribution < 1.29 is 38.9 Å². The van der Waals surface area contributed by atoms with Crippen molar-refractivity contribution in [2.75, 3.05) is 31.0 Å². The topological polar surface area (TPSA) is 190 Å². The second-order valence-corrected chi connectivity index (χ2v) is 12.3. The van der Waals surface area contributed by atoms with Crippen LogP contribution in [0.5, 0.6) is 11.5 Å². The van der Waals surface area contributed by atoms with E-state index in [0.717, 1.165) is 17.0 Å². The second kappa shape index (κ2) is 11.7. The number of allylic oxidation sites excluding steroid dienone is 7. The normalized spacial score (nSPS) is 23.5. The van der Waals surface area contributed by atoms with Crippen LogP contribution in [0.3, 0.4) is 0 Å². The zero-order valence-electron chi connectivity index (χ0n) is 26.3. The Labute approximate surface area is 273 Å². The van der Waals surface area contributed by atoms with Crippen LogP contribution in [-0.4, -0.2) is 59.5 Å². The molecule has 14 nitrogen and oxygen atoms in total. The van der Waals surface area contributed by atoms with Crippen molar-refractivity contribution in [3.8, 4) is 11.5 Å². The van der Waals surface area contributed by atoms with Crippen molar-refractivity contribution in [2.24, 2.45) is 23.7 Å². The number of nitro groups is 2. The lowest BCUT2D eigenvalue weighted by Gasteiger charge is -2.41. The van der Waals surface area contributed by atoms with Gasteiger partial charge in [0.1, 0.15) is 0 Å². The van der Waals surface area contributed by atoms with E-state index in [4.69, 9.17) is 4.74 Å². The summed E-state index contributed by atoms with van der Waals surface area (Å²) in [5, 5.41) is 34.0. The van der Waals surface area contributed by atoms with E-state index < -0.39 is 56.7 Å². The minimum Gasteiger partial charge on any atom is -0.504 e. The number of hydrogen-bond donors (Lipinski definition) is 1. The molecule has 48 heavy (non-hydrogen) atoms. The Balaban J connectivity index is 1.44. The number of benzene rings is 2. The van der Waals surface area contributed by atoms with Crippen LogP contribution in [0.25, 0.3) is 6.08 Å². The summed E-state index contributed by atoms with van der Waals surface area (Å²) >= 11 is 0.